The standard InChI is InChI=1S/C12H20ClN3O/c1-8(2)5-4-6-9(3)16-11-10(13)12(17)15-7-14-11/h7-9H,4-6H2,1-3H3,(H2,14,15,16,17). The van der Waals surface area contributed by atoms with E-state index in [9.17, 15) is 4.79 Å². The molecular weight excluding hydrogens is 238 g/mol. The highest BCUT2D eigenvalue weighted by molar-refractivity contribution is 6.32. The van der Waals surface area contributed by atoms with Gasteiger partial charge >= 0.3 is 0 Å². The van der Waals surface area contributed by atoms with Crippen molar-refractivity contribution >= 4 is 17.4 Å². The zero-order valence-electron chi connectivity index (χ0n) is 10.6. The minimum absolute atomic E-state index is 0.128. The minimum atomic E-state index is -0.307. The molecule has 0 aliphatic heterocycles. The van der Waals surface area contributed by atoms with Gasteiger partial charge in [-0.1, -0.05) is 38.3 Å². The number of aromatic amines is 1. The normalized spacial score (nSPS) is 12.8. The van der Waals surface area contributed by atoms with Crippen LogP contribution in [0.1, 0.15) is 40.0 Å². The highest BCUT2D eigenvalue weighted by Crippen LogP contribution is 2.16. The summed E-state index contributed by atoms with van der Waals surface area (Å²) in [5.41, 5.74) is -0.307. The van der Waals surface area contributed by atoms with Crippen molar-refractivity contribution in [1.29, 1.82) is 0 Å². The van der Waals surface area contributed by atoms with Gasteiger partial charge in [0.15, 0.2) is 5.82 Å². The van der Waals surface area contributed by atoms with Crippen LogP contribution in [0.25, 0.3) is 0 Å². The predicted octanol–water partition coefficient (Wildman–Crippen LogP) is 3.05. The number of aromatic nitrogens is 2. The first kappa shape index (κ1) is 14.0. The predicted molar refractivity (Wildman–Crippen MR) is 71.6 cm³/mol. The van der Waals surface area contributed by atoms with E-state index in [0.717, 1.165) is 18.8 Å². The Bertz CT molecular complexity index is 403. The lowest BCUT2D eigenvalue weighted by Gasteiger charge is -2.15. The molecule has 0 aromatic carbocycles. The van der Waals surface area contributed by atoms with E-state index < -0.39 is 0 Å². The number of anilines is 1. The molecule has 1 heterocycles. The molecule has 2 N–H and O–H groups in total. The summed E-state index contributed by atoms with van der Waals surface area (Å²) >= 11 is 5.85. The second-order valence-corrected chi connectivity index (χ2v) is 5.14. The van der Waals surface area contributed by atoms with E-state index >= 15 is 0 Å². The molecule has 1 unspecified atom stereocenters. The number of hydrogen-bond donors (Lipinski definition) is 2. The number of H-pyrrole nitrogens is 1. The number of halogens is 1. The van der Waals surface area contributed by atoms with Crippen molar-refractivity contribution in [3.05, 3.63) is 21.7 Å². The topological polar surface area (TPSA) is 57.8 Å². The summed E-state index contributed by atoms with van der Waals surface area (Å²) in [6.07, 6.45) is 4.77. The molecule has 1 atom stereocenters. The summed E-state index contributed by atoms with van der Waals surface area (Å²) in [5, 5.41) is 3.29. The Hall–Kier alpha value is -1.03. The van der Waals surface area contributed by atoms with Crippen LogP contribution in [0.4, 0.5) is 5.82 Å². The lowest BCUT2D eigenvalue weighted by molar-refractivity contribution is 0.520. The maximum absolute atomic E-state index is 11.3. The van der Waals surface area contributed by atoms with Gasteiger partial charge in [-0.2, -0.15) is 0 Å². The molecule has 17 heavy (non-hydrogen) atoms. The zero-order chi connectivity index (χ0) is 12.8. The third kappa shape index (κ3) is 4.77. The molecule has 4 nitrogen and oxygen atoms in total. The molecule has 0 radical (unpaired) electrons. The molecule has 1 rings (SSSR count). The quantitative estimate of drug-likeness (QED) is 0.824. The SMILES string of the molecule is CC(C)CCCC(C)Nc1nc[nH]c(=O)c1Cl. The van der Waals surface area contributed by atoms with Crippen LogP contribution in [0.15, 0.2) is 11.1 Å². The monoisotopic (exact) mass is 257 g/mol. The van der Waals surface area contributed by atoms with E-state index in [0.29, 0.717) is 5.82 Å². The van der Waals surface area contributed by atoms with Crippen molar-refractivity contribution in [2.45, 2.75) is 46.1 Å². The average molecular weight is 258 g/mol. The van der Waals surface area contributed by atoms with Gasteiger partial charge in [0, 0.05) is 6.04 Å². The van der Waals surface area contributed by atoms with Crippen LogP contribution in [-0.2, 0) is 0 Å². The summed E-state index contributed by atoms with van der Waals surface area (Å²) in [4.78, 5) is 17.7. The number of hydrogen-bond acceptors (Lipinski definition) is 3. The molecule has 0 amide bonds. The van der Waals surface area contributed by atoms with Crippen molar-refractivity contribution in [1.82, 2.24) is 9.97 Å². The lowest BCUT2D eigenvalue weighted by atomic mass is 10.0. The molecule has 1 aromatic heterocycles. The number of nitrogens with zero attached hydrogens (tertiary/aromatic N) is 1. The van der Waals surface area contributed by atoms with Crippen molar-refractivity contribution in [3.63, 3.8) is 0 Å². The summed E-state index contributed by atoms with van der Waals surface area (Å²) < 4.78 is 0. The first-order valence-corrected chi connectivity index (χ1v) is 6.38. The molecule has 0 fully saturated rings. The van der Waals surface area contributed by atoms with Gasteiger partial charge in [0.2, 0.25) is 0 Å². The highest BCUT2D eigenvalue weighted by atomic mass is 35.5. The second-order valence-electron chi connectivity index (χ2n) is 4.76. The van der Waals surface area contributed by atoms with Gasteiger partial charge in [0.05, 0.1) is 6.33 Å². The molecule has 0 bridgehead atoms. The molecule has 0 aliphatic carbocycles. The van der Waals surface area contributed by atoms with Crippen molar-refractivity contribution in [3.8, 4) is 0 Å². The van der Waals surface area contributed by atoms with Gasteiger partial charge in [0.1, 0.15) is 5.02 Å². The summed E-state index contributed by atoms with van der Waals surface area (Å²) in [6.45, 7) is 6.50. The Morgan fingerprint density at radius 3 is 2.76 bits per heavy atom. The Morgan fingerprint density at radius 2 is 2.12 bits per heavy atom. The van der Waals surface area contributed by atoms with Crippen molar-refractivity contribution in [2.75, 3.05) is 5.32 Å². The average Bonchev–Trinajstić information content (AvgIpc) is 2.24. The van der Waals surface area contributed by atoms with Crippen LogP contribution in [-0.4, -0.2) is 16.0 Å². The van der Waals surface area contributed by atoms with Gasteiger partial charge in [-0.3, -0.25) is 4.79 Å². The van der Waals surface area contributed by atoms with E-state index in [1.807, 2.05) is 0 Å². The molecule has 0 saturated carbocycles. The molecule has 0 spiro atoms. The van der Waals surface area contributed by atoms with Crippen LogP contribution in [0.3, 0.4) is 0 Å². The Morgan fingerprint density at radius 1 is 1.41 bits per heavy atom. The maximum atomic E-state index is 11.3. The highest BCUT2D eigenvalue weighted by Gasteiger charge is 2.09. The second kappa shape index (κ2) is 6.64. The smallest absolute Gasteiger partial charge is 0.271 e. The van der Waals surface area contributed by atoms with Crippen LogP contribution in [0, 0.1) is 5.92 Å². The summed E-state index contributed by atoms with van der Waals surface area (Å²) in [7, 11) is 0. The fraction of sp³-hybridized carbons (Fsp3) is 0.667. The van der Waals surface area contributed by atoms with Crippen molar-refractivity contribution in [2.24, 2.45) is 5.92 Å². The zero-order valence-corrected chi connectivity index (χ0v) is 11.3. The number of nitrogens with one attached hydrogen (secondary N) is 2. The number of rotatable bonds is 6. The largest absolute Gasteiger partial charge is 0.366 e. The molecular formula is C12H20ClN3O. The first-order valence-electron chi connectivity index (χ1n) is 6.00. The third-order valence-electron chi connectivity index (χ3n) is 2.60. The van der Waals surface area contributed by atoms with E-state index in [1.165, 1.54) is 12.7 Å². The lowest BCUT2D eigenvalue weighted by Crippen LogP contribution is -2.19. The van der Waals surface area contributed by atoms with E-state index in [2.05, 4.69) is 36.1 Å². The van der Waals surface area contributed by atoms with Gasteiger partial charge in [0.25, 0.3) is 5.56 Å². The third-order valence-corrected chi connectivity index (χ3v) is 2.95. The molecule has 0 saturated heterocycles. The minimum Gasteiger partial charge on any atom is -0.366 e. The van der Waals surface area contributed by atoms with Gasteiger partial charge in [-0.25, -0.2) is 4.98 Å². The Balaban J connectivity index is 2.48. The fourth-order valence-corrected chi connectivity index (χ4v) is 1.78. The van der Waals surface area contributed by atoms with E-state index in [-0.39, 0.29) is 16.6 Å². The van der Waals surface area contributed by atoms with Crippen LogP contribution in [0.2, 0.25) is 5.02 Å². The molecule has 0 aliphatic rings. The fourth-order valence-electron chi connectivity index (χ4n) is 1.62. The van der Waals surface area contributed by atoms with Gasteiger partial charge in [-0.15, -0.1) is 0 Å². The van der Waals surface area contributed by atoms with E-state index in [4.69, 9.17) is 11.6 Å². The molecule has 96 valence electrons. The summed E-state index contributed by atoms with van der Waals surface area (Å²) in [5.74, 6) is 1.19. The van der Waals surface area contributed by atoms with E-state index in [1.54, 1.807) is 0 Å². The van der Waals surface area contributed by atoms with Gasteiger partial charge < -0.3 is 10.3 Å². The maximum Gasteiger partial charge on any atom is 0.271 e. The molecule has 5 heteroatoms. The van der Waals surface area contributed by atoms with Gasteiger partial charge in [-0.05, 0) is 19.3 Å². The Kier molecular flexibility index (Phi) is 5.48. The van der Waals surface area contributed by atoms with Crippen LogP contribution < -0.4 is 10.9 Å². The van der Waals surface area contributed by atoms with Crippen LogP contribution >= 0.6 is 11.6 Å². The Labute approximate surface area is 107 Å². The van der Waals surface area contributed by atoms with Crippen molar-refractivity contribution < 1.29 is 0 Å². The first-order chi connectivity index (χ1) is 8.00. The van der Waals surface area contributed by atoms with Crippen LogP contribution in [0.5, 0.6) is 0 Å². The summed E-state index contributed by atoms with van der Waals surface area (Å²) in [6, 6.07) is 0.264. The molecule has 1 aromatic rings.